The Morgan fingerprint density at radius 1 is 1.32 bits per heavy atom. The summed E-state index contributed by atoms with van der Waals surface area (Å²) in [5, 5.41) is 2.75. The van der Waals surface area contributed by atoms with Crippen LogP contribution in [0.15, 0.2) is 23.0 Å². The fourth-order valence-electron chi connectivity index (χ4n) is 2.00. The van der Waals surface area contributed by atoms with Gasteiger partial charge in [0.2, 0.25) is 0 Å². The molecule has 19 heavy (non-hydrogen) atoms. The molecular formula is C13H15F3N2O. The van der Waals surface area contributed by atoms with Gasteiger partial charge in [-0.05, 0) is 12.0 Å². The zero-order chi connectivity index (χ0) is 13.9. The van der Waals surface area contributed by atoms with Gasteiger partial charge in [-0.3, -0.25) is 0 Å². The zero-order valence-corrected chi connectivity index (χ0v) is 10.6. The first-order valence-corrected chi connectivity index (χ1v) is 6.03. The van der Waals surface area contributed by atoms with Gasteiger partial charge in [-0.1, -0.05) is 5.92 Å². The first-order chi connectivity index (χ1) is 9.02. The van der Waals surface area contributed by atoms with Gasteiger partial charge in [-0.15, -0.1) is 0 Å². The van der Waals surface area contributed by atoms with Crippen LogP contribution in [-0.2, 0) is 4.74 Å². The molecule has 2 rings (SSSR count). The van der Waals surface area contributed by atoms with Crippen molar-refractivity contribution in [3.05, 3.63) is 23.0 Å². The molecule has 1 aliphatic carbocycles. The summed E-state index contributed by atoms with van der Waals surface area (Å²) in [7, 11) is 1.60. The number of ether oxygens (including phenoxy) is 1. The highest BCUT2D eigenvalue weighted by atomic mass is 19.4. The second-order valence-electron chi connectivity index (χ2n) is 4.26. The second-order valence-corrected chi connectivity index (χ2v) is 4.26. The number of morpholine rings is 1. The minimum Gasteiger partial charge on any atom is -0.391 e. The number of halogens is 3. The second kappa shape index (κ2) is 5.57. The van der Waals surface area contributed by atoms with Crippen LogP contribution in [0.25, 0.3) is 0 Å². The van der Waals surface area contributed by atoms with Crippen LogP contribution < -0.4 is 5.32 Å². The average Bonchev–Trinajstić information content (AvgIpc) is 2.61. The third kappa shape index (κ3) is 3.24. The fourth-order valence-corrected chi connectivity index (χ4v) is 2.00. The van der Waals surface area contributed by atoms with Crippen molar-refractivity contribution in [2.24, 2.45) is 0 Å². The van der Waals surface area contributed by atoms with Crippen LogP contribution in [0.3, 0.4) is 0 Å². The van der Waals surface area contributed by atoms with E-state index in [0.29, 0.717) is 38.4 Å². The standard InChI is InChI=1S/C13H15F3N2O/c1-17-10-3-2-4-12(11(9-10)13(14,15)16)18-5-7-19-8-6-18/h9,17H,3,5-8H2,1H3. The number of nitrogens with one attached hydrogen (secondary N) is 1. The van der Waals surface area contributed by atoms with E-state index < -0.39 is 11.7 Å². The van der Waals surface area contributed by atoms with Crippen molar-refractivity contribution in [2.45, 2.75) is 12.6 Å². The maximum Gasteiger partial charge on any atom is 0.419 e. The third-order valence-electron chi connectivity index (χ3n) is 3.01. The molecule has 0 atom stereocenters. The van der Waals surface area contributed by atoms with Crippen LogP contribution in [0.2, 0.25) is 0 Å². The molecule has 1 aliphatic heterocycles. The molecule has 0 spiro atoms. The minimum absolute atomic E-state index is 0.0565. The lowest BCUT2D eigenvalue weighted by molar-refractivity contribution is -0.0905. The van der Waals surface area contributed by atoms with Crippen LogP contribution in [0, 0.1) is 11.8 Å². The molecule has 104 valence electrons. The average molecular weight is 272 g/mol. The number of hydrogen-bond donors (Lipinski definition) is 1. The Morgan fingerprint density at radius 2 is 2.00 bits per heavy atom. The van der Waals surface area contributed by atoms with Gasteiger partial charge in [-0.25, -0.2) is 0 Å². The van der Waals surface area contributed by atoms with Crippen molar-refractivity contribution in [1.82, 2.24) is 10.2 Å². The molecule has 1 saturated heterocycles. The summed E-state index contributed by atoms with van der Waals surface area (Å²) >= 11 is 0. The predicted molar refractivity (Wildman–Crippen MR) is 65.0 cm³/mol. The predicted octanol–water partition coefficient (Wildman–Crippen LogP) is 1.65. The summed E-state index contributed by atoms with van der Waals surface area (Å²) in [5.74, 6) is 5.44. The molecule has 6 heteroatoms. The zero-order valence-electron chi connectivity index (χ0n) is 10.6. The molecule has 0 unspecified atom stereocenters. The first kappa shape index (κ1) is 13.8. The Labute approximate surface area is 110 Å². The SMILES string of the molecule is CNC1=CC(C(F)(F)F)=C(N2CCOCC2)C#CC1. The Balaban J connectivity index is 2.43. The van der Waals surface area contributed by atoms with Crippen molar-refractivity contribution in [2.75, 3.05) is 33.4 Å². The van der Waals surface area contributed by atoms with Gasteiger partial charge in [0.1, 0.15) is 5.70 Å². The molecular weight excluding hydrogens is 257 g/mol. The molecule has 0 aromatic rings. The van der Waals surface area contributed by atoms with Gasteiger partial charge < -0.3 is 15.0 Å². The molecule has 1 heterocycles. The number of rotatable bonds is 2. The summed E-state index contributed by atoms with van der Waals surface area (Å²) in [5.41, 5.74) is -0.145. The van der Waals surface area contributed by atoms with Crippen LogP contribution in [0.5, 0.6) is 0 Å². The lowest BCUT2D eigenvalue weighted by Crippen LogP contribution is -2.37. The van der Waals surface area contributed by atoms with E-state index in [-0.39, 0.29) is 5.70 Å². The maximum atomic E-state index is 13.2. The molecule has 0 amide bonds. The van der Waals surface area contributed by atoms with E-state index in [1.807, 2.05) is 0 Å². The Kier molecular flexibility index (Phi) is 4.05. The largest absolute Gasteiger partial charge is 0.419 e. The summed E-state index contributed by atoms with van der Waals surface area (Å²) in [6, 6.07) is 0. The normalized spacial score (nSPS) is 20.4. The lowest BCUT2D eigenvalue weighted by atomic mass is 10.1. The minimum atomic E-state index is -4.41. The van der Waals surface area contributed by atoms with E-state index in [1.165, 1.54) is 0 Å². The lowest BCUT2D eigenvalue weighted by Gasteiger charge is -2.30. The molecule has 0 bridgehead atoms. The van der Waals surface area contributed by atoms with Crippen molar-refractivity contribution in [3.8, 4) is 11.8 Å². The van der Waals surface area contributed by atoms with E-state index >= 15 is 0 Å². The molecule has 1 fully saturated rings. The molecule has 0 aromatic heterocycles. The first-order valence-electron chi connectivity index (χ1n) is 6.03. The van der Waals surface area contributed by atoms with Gasteiger partial charge in [0, 0.05) is 32.3 Å². The van der Waals surface area contributed by atoms with Gasteiger partial charge in [0.25, 0.3) is 0 Å². The van der Waals surface area contributed by atoms with Crippen LogP contribution in [-0.4, -0.2) is 44.4 Å². The van der Waals surface area contributed by atoms with E-state index in [1.54, 1.807) is 11.9 Å². The molecule has 2 aliphatic rings. The van der Waals surface area contributed by atoms with Gasteiger partial charge in [-0.2, -0.15) is 13.2 Å². The third-order valence-corrected chi connectivity index (χ3v) is 3.01. The Hall–Kier alpha value is -1.61. The van der Waals surface area contributed by atoms with Crippen molar-refractivity contribution in [1.29, 1.82) is 0 Å². The summed E-state index contributed by atoms with van der Waals surface area (Å²) in [4.78, 5) is 1.65. The van der Waals surface area contributed by atoms with Gasteiger partial charge in [0.05, 0.1) is 18.8 Å². The highest BCUT2D eigenvalue weighted by Crippen LogP contribution is 2.32. The maximum absolute atomic E-state index is 13.2. The number of hydrogen-bond acceptors (Lipinski definition) is 3. The van der Waals surface area contributed by atoms with Crippen molar-refractivity contribution in [3.63, 3.8) is 0 Å². The van der Waals surface area contributed by atoms with Gasteiger partial charge >= 0.3 is 6.18 Å². The van der Waals surface area contributed by atoms with Crippen LogP contribution in [0.4, 0.5) is 13.2 Å². The Morgan fingerprint density at radius 3 is 2.58 bits per heavy atom. The highest BCUT2D eigenvalue weighted by molar-refractivity contribution is 5.45. The monoisotopic (exact) mass is 272 g/mol. The number of allylic oxidation sites excluding steroid dienone is 4. The van der Waals surface area contributed by atoms with Gasteiger partial charge in [0.15, 0.2) is 0 Å². The van der Waals surface area contributed by atoms with Crippen LogP contribution in [0.1, 0.15) is 6.42 Å². The smallest absolute Gasteiger partial charge is 0.391 e. The highest BCUT2D eigenvalue weighted by Gasteiger charge is 2.37. The summed E-state index contributed by atoms with van der Waals surface area (Å²) < 4.78 is 44.7. The van der Waals surface area contributed by atoms with Crippen LogP contribution >= 0.6 is 0 Å². The van der Waals surface area contributed by atoms with E-state index in [9.17, 15) is 13.2 Å². The van der Waals surface area contributed by atoms with E-state index in [0.717, 1.165) is 6.08 Å². The topological polar surface area (TPSA) is 24.5 Å². The molecule has 1 N–H and O–H groups in total. The van der Waals surface area contributed by atoms with E-state index in [4.69, 9.17) is 4.74 Å². The molecule has 0 aromatic carbocycles. The molecule has 0 saturated carbocycles. The van der Waals surface area contributed by atoms with Crippen molar-refractivity contribution >= 4 is 0 Å². The van der Waals surface area contributed by atoms with E-state index in [2.05, 4.69) is 17.2 Å². The number of alkyl halides is 3. The Bertz CT molecular complexity index is 463. The molecule has 3 nitrogen and oxygen atoms in total. The fraction of sp³-hybridized carbons (Fsp3) is 0.538. The number of nitrogens with zero attached hydrogens (tertiary/aromatic N) is 1. The van der Waals surface area contributed by atoms with Crippen molar-refractivity contribution < 1.29 is 17.9 Å². The summed E-state index contributed by atoms with van der Waals surface area (Å²) in [6.07, 6.45) is -2.98. The quantitative estimate of drug-likeness (QED) is 0.774. The summed E-state index contributed by atoms with van der Waals surface area (Å²) in [6.45, 7) is 1.73. The molecule has 0 radical (unpaired) electrons.